The summed E-state index contributed by atoms with van der Waals surface area (Å²) in [4.78, 5) is 20.2. The van der Waals surface area contributed by atoms with E-state index in [9.17, 15) is 18.0 Å². The fourth-order valence-corrected chi connectivity index (χ4v) is 1.84. The van der Waals surface area contributed by atoms with Crippen LogP contribution in [0.2, 0.25) is 0 Å². The van der Waals surface area contributed by atoms with Crippen molar-refractivity contribution in [3.63, 3.8) is 0 Å². The maximum Gasteiger partial charge on any atom is 0.418 e. The second kappa shape index (κ2) is 4.42. The van der Waals surface area contributed by atoms with Crippen molar-refractivity contribution in [2.24, 2.45) is 0 Å². The fourth-order valence-electron chi connectivity index (χ4n) is 0.897. The van der Waals surface area contributed by atoms with Gasteiger partial charge in [-0.25, -0.2) is 9.59 Å². The average molecular weight is 243 g/mol. The van der Waals surface area contributed by atoms with E-state index in [1.807, 2.05) is 0 Å². The highest BCUT2D eigenvalue weighted by Gasteiger charge is 2.41. The van der Waals surface area contributed by atoms with Gasteiger partial charge >= 0.3 is 12.2 Å². The average Bonchev–Trinajstić information content (AvgIpc) is 1.94. The van der Waals surface area contributed by atoms with Gasteiger partial charge in [0.25, 0.3) is 10.1 Å². The molecule has 0 rings (SSSR count). The van der Waals surface area contributed by atoms with Crippen LogP contribution >= 0.6 is 0 Å². The van der Waals surface area contributed by atoms with Crippen LogP contribution in [0.5, 0.6) is 0 Å². The zero-order valence-electron chi connectivity index (χ0n) is 7.43. The molecule has 4 N–H and O–H groups in total. The molecule has 0 aromatic rings. The highest BCUT2D eigenvalue weighted by Crippen LogP contribution is 2.12. The summed E-state index contributed by atoms with van der Waals surface area (Å²) in [6.07, 6.45) is -6.13. The molecule has 9 nitrogen and oxygen atoms in total. The Balaban J connectivity index is 5.41. The molecule has 0 aliphatic rings. The third-order valence-corrected chi connectivity index (χ3v) is 2.60. The van der Waals surface area contributed by atoms with Crippen LogP contribution in [0.25, 0.3) is 0 Å². The van der Waals surface area contributed by atoms with Crippen LogP contribution in [0.4, 0.5) is 9.59 Å². The normalized spacial score (nSPS) is 15.4. The molecule has 0 radical (unpaired) electrons. The summed E-state index contributed by atoms with van der Waals surface area (Å²) >= 11 is 0. The van der Waals surface area contributed by atoms with Crippen molar-refractivity contribution >= 4 is 22.3 Å². The van der Waals surface area contributed by atoms with E-state index in [1.165, 1.54) is 0 Å². The number of amides is 2. The second-order valence-electron chi connectivity index (χ2n) is 2.58. The van der Waals surface area contributed by atoms with E-state index in [4.69, 9.17) is 19.9 Å². The number of hydrogen-bond donors (Lipinski definition) is 4. The molecular weight excluding hydrogens is 234 g/mol. The predicted octanol–water partition coefficient (Wildman–Crippen LogP) is -0.761. The minimum atomic E-state index is -5.04. The molecule has 0 spiro atoms. The van der Waals surface area contributed by atoms with Crippen molar-refractivity contribution in [2.75, 3.05) is 0 Å². The third kappa shape index (κ3) is 3.34. The molecule has 15 heavy (non-hydrogen) atoms. The van der Waals surface area contributed by atoms with E-state index < -0.39 is 38.7 Å². The van der Waals surface area contributed by atoms with Crippen LogP contribution in [0, 0.1) is 0 Å². The maximum absolute atomic E-state index is 10.7. The standard InChI is InChI=1S/C5H9NO8S/c1-2(7)3(15(12,13)14)6(4(8)9)5(10)11/h2-3,7H,1H3,(H,8,9)(H,10,11)(H,12,13,14). The minimum Gasteiger partial charge on any atom is -0.464 e. The number of imide groups is 1. The predicted molar refractivity (Wildman–Crippen MR) is 44.9 cm³/mol. The lowest BCUT2D eigenvalue weighted by molar-refractivity contribution is 0.0781. The lowest BCUT2D eigenvalue weighted by Crippen LogP contribution is -2.52. The number of carboxylic acid groups (broad SMARTS) is 2. The van der Waals surface area contributed by atoms with Crippen LogP contribution in [0.15, 0.2) is 0 Å². The molecule has 2 atom stereocenters. The zero-order valence-corrected chi connectivity index (χ0v) is 8.25. The molecule has 0 fully saturated rings. The van der Waals surface area contributed by atoms with Crippen LogP contribution in [0.3, 0.4) is 0 Å². The van der Waals surface area contributed by atoms with Gasteiger partial charge in [0.2, 0.25) is 0 Å². The molecule has 0 saturated carbocycles. The molecule has 0 saturated heterocycles. The van der Waals surface area contributed by atoms with Gasteiger partial charge in [-0.1, -0.05) is 0 Å². The van der Waals surface area contributed by atoms with E-state index in [0.29, 0.717) is 0 Å². The van der Waals surface area contributed by atoms with Crippen molar-refractivity contribution in [2.45, 2.75) is 18.4 Å². The van der Waals surface area contributed by atoms with Gasteiger partial charge in [0.15, 0.2) is 5.37 Å². The summed E-state index contributed by atoms with van der Waals surface area (Å²) in [5, 5.41) is 23.2. The van der Waals surface area contributed by atoms with Crippen molar-refractivity contribution in [1.82, 2.24) is 4.90 Å². The Morgan fingerprint density at radius 3 is 1.60 bits per heavy atom. The first kappa shape index (κ1) is 13.6. The van der Waals surface area contributed by atoms with Crippen LogP contribution in [-0.4, -0.2) is 56.9 Å². The summed E-state index contributed by atoms with van der Waals surface area (Å²) in [5.41, 5.74) is 0. The van der Waals surface area contributed by atoms with Gasteiger partial charge in [-0.2, -0.15) is 13.3 Å². The Morgan fingerprint density at radius 1 is 1.20 bits per heavy atom. The molecule has 10 heteroatoms. The number of aliphatic hydroxyl groups excluding tert-OH is 1. The number of nitrogens with zero attached hydrogens (tertiary/aromatic N) is 1. The molecule has 0 aromatic carbocycles. The topological polar surface area (TPSA) is 152 Å². The van der Waals surface area contributed by atoms with Crippen molar-refractivity contribution in [3.05, 3.63) is 0 Å². The Hall–Kier alpha value is -1.39. The van der Waals surface area contributed by atoms with Crippen LogP contribution in [-0.2, 0) is 10.1 Å². The molecule has 2 amide bonds. The van der Waals surface area contributed by atoms with E-state index in [-0.39, 0.29) is 0 Å². The number of carbonyl (C=O) groups is 2. The first-order valence-corrected chi connectivity index (χ1v) is 4.98. The van der Waals surface area contributed by atoms with Gasteiger partial charge in [0, 0.05) is 0 Å². The molecule has 0 aliphatic carbocycles. The molecule has 88 valence electrons. The molecule has 2 unspecified atom stereocenters. The van der Waals surface area contributed by atoms with Gasteiger partial charge in [-0.3, -0.25) is 4.55 Å². The summed E-state index contributed by atoms with van der Waals surface area (Å²) in [6, 6.07) is 0. The van der Waals surface area contributed by atoms with Crippen LogP contribution < -0.4 is 0 Å². The van der Waals surface area contributed by atoms with E-state index in [2.05, 4.69) is 0 Å². The van der Waals surface area contributed by atoms with Gasteiger partial charge in [0.1, 0.15) is 0 Å². The Morgan fingerprint density at radius 2 is 1.53 bits per heavy atom. The first-order chi connectivity index (χ1) is 6.59. The number of rotatable bonds is 3. The largest absolute Gasteiger partial charge is 0.464 e. The second-order valence-corrected chi connectivity index (χ2v) is 4.09. The van der Waals surface area contributed by atoms with E-state index in [1.54, 1.807) is 0 Å². The summed E-state index contributed by atoms with van der Waals surface area (Å²) < 4.78 is 29.9. The maximum atomic E-state index is 10.7. The lowest BCUT2D eigenvalue weighted by Gasteiger charge is -2.24. The minimum absolute atomic E-state index is 0.597. The van der Waals surface area contributed by atoms with E-state index >= 15 is 0 Å². The van der Waals surface area contributed by atoms with Crippen molar-refractivity contribution < 1.29 is 37.9 Å². The van der Waals surface area contributed by atoms with E-state index in [0.717, 1.165) is 6.92 Å². The number of hydrogen-bond acceptors (Lipinski definition) is 5. The smallest absolute Gasteiger partial charge is 0.418 e. The summed E-state index contributed by atoms with van der Waals surface area (Å²) in [7, 11) is -5.04. The highest BCUT2D eigenvalue weighted by atomic mass is 32.2. The molecule has 0 aromatic heterocycles. The van der Waals surface area contributed by atoms with Crippen molar-refractivity contribution in [1.29, 1.82) is 0 Å². The van der Waals surface area contributed by atoms with Gasteiger partial charge in [0.05, 0.1) is 6.10 Å². The molecule has 0 bridgehead atoms. The zero-order chi connectivity index (χ0) is 12.4. The molecule has 0 aliphatic heterocycles. The van der Waals surface area contributed by atoms with Crippen LogP contribution in [0.1, 0.15) is 6.92 Å². The fraction of sp³-hybridized carbons (Fsp3) is 0.600. The quantitative estimate of drug-likeness (QED) is 0.472. The lowest BCUT2D eigenvalue weighted by atomic mass is 10.4. The van der Waals surface area contributed by atoms with Crippen molar-refractivity contribution in [3.8, 4) is 0 Å². The third-order valence-electron chi connectivity index (χ3n) is 1.38. The Kier molecular flexibility index (Phi) is 4.01. The highest BCUT2D eigenvalue weighted by molar-refractivity contribution is 7.86. The molecule has 0 heterocycles. The Bertz CT molecular complexity index is 345. The number of aliphatic hydroxyl groups is 1. The monoisotopic (exact) mass is 243 g/mol. The van der Waals surface area contributed by atoms with Gasteiger partial charge < -0.3 is 15.3 Å². The van der Waals surface area contributed by atoms with Gasteiger partial charge in [-0.05, 0) is 6.92 Å². The summed E-state index contributed by atoms with van der Waals surface area (Å²) in [5.74, 6) is 0. The molecular formula is C5H9NO8S. The Labute approximate surface area is 84.3 Å². The first-order valence-electron chi connectivity index (χ1n) is 3.48. The SMILES string of the molecule is CC(O)C(N(C(=O)O)C(=O)O)S(=O)(=O)O. The summed E-state index contributed by atoms with van der Waals surface area (Å²) in [6.45, 7) is 0.831. The van der Waals surface area contributed by atoms with Gasteiger partial charge in [-0.15, -0.1) is 0 Å².